The molecule has 0 saturated heterocycles. The molecule has 0 spiro atoms. The van der Waals surface area contributed by atoms with Crippen molar-refractivity contribution in [3.05, 3.63) is 18.3 Å². The molecule has 6 heteroatoms. The van der Waals surface area contributed by atoms with E-state index in [1.54, 1.807) is 19.2 Å². The van der Waals surface area contributed by atoms with Crippen molar-refractivity contribution in [3.8, 4) is 0 Å². The molecule has 1 fully saturated rings. The van der Waals surface area contributed by atoms with E-state index in [0.717, 1.165) is 5.69 Å². The summed E-state index contributed by atoms with van der Waals surface area (Å²) in [6.45, 7) is 1.60. The predicted molar refractivity (Wildman–Crippen MR) is 73.2 cm³/mol. The molecular weight excluding hydrogens is 250 g/mol. The standard InChI is InChI=1S/C12H19N3O2S/c1-2-18(16,17)15-12-8-7-11(9-13-12)14-10-5-3-4-6-10/h7-10,14H,2-6H2,1H3,(H,13,15). The van der Waals surface area contributed by atoms with Gasteiger partial charge in [-0.1, -0.05) is 12.8 Å². The van der Waals surface area contributed by atoms with Crippen LogP contribution in [0.25, 0.3) is 0 Å². The predicted octanol–water partition coefficient (Wildman–Crippen LogP) is 2.20. The van der Waals surface area contributed by atoms with Crippen LogP contribution >= 0.6 is 0 Å². The molecule has 0 unspecified atom stereocenters. The molecule has 2 rings (SSSR count). The fourth-order valence-electron chi connectivity index (χ4n) is 2.08. The van der Waals surface area contributed by atoms with E-state index < -0.39 is 10.0 Å². The summed E-state index contributed by atoms with van der Waals surface area (Å²) in [5, 5.41) is 3.41. The van der Waals surface area contributed by atoms with Gasteiger partial charge >= 0.3 is 0 Å². The van der Waals surface area contributed by atoms with Gasteiger partial charge in [-0.15, -0.1) is 0 Å². The molecule has 0 atom stereocenters. The van der Waals surface area contributed by atoms with Crippen LogP contribution in [0.5, 0.6) is 0 Å². The molecule has 0 aliphatic heterocycles. The summed E-state index contributed by atoms with van der Waals surface area (Å²) >= 11 is 0. The van der Waals surface area contributed by atoms with Crippen LogP contribution in [-0.4, -0.2) is 25.2 Å². The molecule has 100 valence electrons. The van der Waals surface area contributed by atoms with Gasteiger partial charge in [0, 0.05) is 6.04 Å². The maximum Gasteiger partial charge on any atom is 0.233 e. The molecule has 0 bridgehead atoms. The van der Waals surface area contributed by atoms with Crippen LogP contribution in [-0.2, 0) is 10.0 Å². The second kappa shape index (κ2) is 5.56. The Morgan fingerprint density at radius 1 is 1.33 bits per heavy atom. The van der Waals surface area contributed by atoms with E-state index in [1.807, 2.05) is 6.07 Å². The molecule has 1 saturated carbocycles. The van der Waals surface area contributed by atoms with E-state index in [1.165, 1.54) is 25.7 Å². The third-order valence-corrected chi connectivity index (χ3v) is 4.41. The summed E-state index contributed by atoms with van der Waals surface area (Å²) in [4.78, 5) is 4.10. The topological polar surface area (TPSA) is 71.1 Å². The molecule has 0 aromatic carbocycles. The smallest absolute Gasteiger partial charge is 0.233 e. The van der Waals surface area contributed by atoms with E-state index in [4.69, 9.17) is 0 Å². The summed E-state index contributed by atoms with van der Waals surface area (Å²) in [7, 11) is -3.24. The highest BCUT2D eigenvalue weighted by Gasteiger charge is 2.14. The van der Waals surface area contributed by atoms with Crippen LogP contribution in [0.3, 0.4) is 0 Å². The lowest BCUT2D eigenvalue weighted by Gasteiger charge is -2.13. The zero-order valence-corrected chi connectivity index (χ0v) is 11.3. The van der Waals surface area contributed by atoms with Crippen molar-refractivity contribution in [3.63, 3.8) is 0 Å². The molecule has 0 radical (unpaired) electrons. The Kier molecular flexibility index (Phi) is 4.06. The van der Waals surface area contributed by atoms with Gasteiger partial charge in [-0.3, -0.25) is 4.72 Å². The summed E-state index contributed by atoms with van der Waals surface area (Å²) in [6, 6.07) is 4.08. The minimum atomic E-state index is -3.24. The normalized spacial score (nSPS) is 16.7. The lowest BCUT2D eigenvalue weighted by Crippen LogP contribution is -2.16. The number of nitrogens with one attached hydrogen (secondary N) is 2. The Labute approximate surface area is 108 Å². The molecule has 1 heterocycles. The lowest BCUT2D eigenvalue weighted by atomic mass is 10.2. The zero-order valence-electron chi connectivity index (χ0n) is 10.5. The van der Waals surface area contributed by atoms with Crippen LogP contribution in [0.1, 0.15) is 32.6 Å². The Morgan fingerprint density at radius 2 is 2.06 bits per heavy atom. The molecule has 0 amide bonds. The van der Waals surface area contributed by atoms with Crippen LogP contribution in [0.15, 0.2) is 18.3 Å². The zero-order chi connectivity index (χ0) is 13.0. The Morgan fingerprint density at radius 3 is 2.61 bits per heavy atom. The van der Waals surface area contributed by atoms with Gasteiger partial charge in [-0.25, -0.2) is 13.4 Å². The monoisotopic (exact) mass is 269 g/mol. The highest BCUT2D eigenvalue weighted by molar-refractivity contribution is 7.92. The quantitative estimate of drug-likeness (QED) is 0.859. The molecule has 1 aromatic heterocycles. The van der Waals surface area contributed by atoms with Gasteiger partial charge in [-0.2, -0.15) is 0 Å². The van der Waals surface area contributed by atoms with Crippen LogP contribution in [0.2, 0.25) is 0 Å². The minimum absolute atomic E-state index is 0.0523. The van der Waals surface area contributed by atoms with Gasteiger partial charge in [0.25, 0.3) is 0 Å². The molecule has 1 aliphatic carbocycles. The molecular formula is C12H19N3O2S. The third kappa shape index (κ3) is 3.60. The number of pyridine rings is 1. The Hall–Kier alpha value is -1.30. The van der Waals surface area contributed by atoms with Crippen molar-refractivity contribution < 1.29 is 8.42 Å². The van der Waals surface area contributed by atoms with Gasteiger partial charge in [-0.05, 0) is 31.9 Å². The van der Waals surface area contributed by atoms with Crippen molar-refractivity contribution in [2.24, 2.45) is 0 Å². The minimum Gasteiger partial charge on any atom is -0.381 e. The summed E-state index contributed by atoms with van der Waals surface area (Å²) < 4.78 is 25.2. The fourth-order valence-corrected chi connectivity index (χ4v) is 2.66. The van der Waals surface area contributed by atoms with E-state index >= 15 is 0 Å². The van der Waals surface area contributed by atoms with E-state index in [2.05, 4.69) is 15.0 Å². The highest BCUT2D eigenvalue weighted by atomic mass is 32.2. The summed E-state index contributed by atoms with van der Waals surface area (Å²) in [6.07, 6.45) is 6.62. The average Bonchev–Trinajstić information content (AvgIpc) is 2.84. The second-order valence-electron chi connectivity index (χ2n) is 4.56. The summed E-state index contributed by atoms with van der Waals surface area (Å²) in [5.74, 6) is 0.422. The lowest BCUT2D eigenvalue weighted by molar-refractivity contribution is 0.602. The first-order valence-corrected chi connectivity index (χ1v) is 7.97. The first-order chi connectivity index (χ1) is 8.59. The van der Waals surface area contributed by atoms with Crippen molar-refractivity contribution in [2.45, 2.75) is 38.6 Å². The molecule has 1 aromatic rings. The largest absolute Gasteiger partial charge is 0.381 e. The van der Waals surface area contributed by atoms with E-state index in [9.17, 15) is 8.42 Å². The SMILES string of the molecule is CCS(=O)(=O)Nc1ccc(NC2CCCC2)cn1. The van der Waals surface area contributed by atoms with Crippen molar-refractivity contribution in [1.82, 2.24) is 4.98 Å². The maximum atomic E-state index is 11.4. The third-order valence-electron chi connectivity index (χ3n) is 3.13. The van der Waals surface area contributed by atoms with Gasteiger partial charge in [0.1, 0.15) is 5.82 Å². The molecule has 18 heavy (non-hydrogen) atoms. The number of aromatic nitrogens is 1. The first kappa shape index (κ1) is 13.1. The Bertz CT molecular complexity index is 479. The first-order valence-electron chi connectivity index (χ1n) is 6.32. The fraction of sp³-hybridized carbons (Fsp3) is 0.583. The molecule has 2 N–H and O–H groups in total. The number of rotatable bonds is 5. The van der Waals surface area contributed by atoms with Crippen molar-refractivity contribution >= 4 is 21.5 Å². The number of hydrogen-bond donors (Lipinski definition) is 2. The summed E-state index contributed by atoms with van der Waals surface area (Å²) in [5.41, 5.74) is 0.946. The second-order valence-corrected chi connectivity index (χ2v) is 6.57. The number of nitrogens with zero attached hydrogens (tertiary/aromatic N) is 1. The average molecular weight is 269 g/mol. The van der Waals surface area contributed by atoms with Crippen molar-refractivity contribution in [2.75, 3.05) is 15.8 Å². The number of hydrogen-bond acceptors (Lipinski definition) is 4. The van der Waals surface area contributed by atoms with Gasteiger partial charge < -0.3 is 5.32 Å². The highest BCUT2D eigenvalue weighted by Crippen LogP contribution is 2.22. The van der Waals surface area contributed by atoms with E-state index in [-0.39, 0.29) is 5.75 Å². The van der Waals surface area contributed by atoms with Crippen molar-refractivity contribution in [1.29, 1.82) is 0 Å². The number of sulfonamides is 1. The number of anilines is 2. The van der Waals surface area contributed by atoms with Crippen LogP contribution in [0.4, 0.5) is 11.5 Å². The Balaban J connectivity index is 1.96. The van der Waals surface area contributed by atoms with Gasteiger partial charge in [0.05, 0.1) is 17.6 Å². The van der Waals surface area contributed by atoms with Crippen LogP contribution in [0, 0.1) is 0 Å². The van der Waals surface area contributed by atoms with Gasteiger partial charge in [0.15, 0.2) is 0 Å². The van der Waals surface area contributed by atoms with Crippen LogP contribution < -0.4 is 10.0 Å². The van der Waals surface area contributed by atoms with Gasteiger partial charge in [0.2, 0.25) is 10.0 Å². The molecule has 1 aliphatic rings. The van der Waals surface area contributed by atoms with E-state index in [0.29, 0.717) is 11.9 Å². The maximum absolute atomic E-state index is 11.4. The molecule has 5 nitrogen and oxygen atoms in total.